The van der Waals surface area contributed by atoms with Crippen LogP contribution >= 0.6 is 0 Å². The summed E-state index contributed by atoms with van der Waals surface area (Å²) in [5.74, 6) is -4.58. The van der Waals surface area contributed by atoms with Gasteiger partial charge >= 0.3 is 65.4 Å². The van der Waals surface area contributed by atoms with E-state index in [0.717, 1.165) is 0 Å². The van der Waals surface area contributed by atoms with Crippen molar-refractivity contribution in [2.75, 3.05) is 0 Å². The molecule has 0 spiro atoms. The second-order valence-electron chi connectivity index (χ2n) is 1.24. The van der Waals surface area contributed by atoms with Crippen LogP contribution in [-0.4, -0.2) is 31.5 Å². The molecule has 0 heterocycles. The van der Waals surface area contributed by atoms with Crippen LogP contribution in [0.5, 0.6) is 0 Å². The molecule has 0 aromatic rings. The molecule has 0 amide bonds. The van der Waals surface area contributed by atoms with Gasteiger partial charge in [-0.3, -0.25) is 0 Å². The second kappa shape index (κ2) is 6.22. The van der Waals surface area contributed by atoms with E-state index in [0.29, 0.717) is 0 Å². The molecule has 0 rings (SSSR count). The molecule has 0 aliphatic heterocycles. The van der Waals surface area contributed by atoms with E-state index >= 15 is 0 Å². The number of rotatable bonds is 2. The van der Waals surface area contributed by atoms with Crippen molar-refractivity contribution in [1.82, 2.24) is 0 Å². The maximum Gasteiger partial charge on any atom is 1.00 e. The van der Waals surface area contributed by atoms with Gasteiger partial charge in [0.25, 0.3) is 0 Å². The van der Waals surface area contributed by atoms with E-state index in [1.807, 2.05) is 0 Å². The van der Waals surface area contributed by atoms with Crippen molar-refractivity contribution in [2.45, 2.75) is 5.80 Å². The molecule has 2 nitrogen and oxygen atoms in total. The van der Waals surface area contributed by atoms with Crippen LogP contribution in [0.1, 0.15) is 0 Å². The molecule has 0 aliphatic rings. The van der Waals surface area contributed by atoms with Crippen LogP contribution in [0.3, 0.4) is 0 Å². The zero-order chi connectivity index (χ0) is 7.49. The third kappa shape index (κ3) is 6.39. The van der Waals surface area contributed by atoms with E-state index < -0.39 is 31.5 Å². The van der Waals surface area contributed by atoms with Crippen molar-refractivity contribution in [3.63, 3.8) is 0 Å². The summed E-state index contributed by atoms with van der Waals surface area (Å²) in [6.45, 7) is 0. The summed E-state index contributed by atoms with van der Waals surface area (Å²) >= 11 is 0. The quantitative estimate of drug-likeness (QED) is 0.452. The van der Waals surface area contributed by atoms with Crippen molar-refractivity contribution in [3.05, 3.63) is 0 Å². The average Bonchev–Trinajstić information content (AvgIpc) is 1.64. The third-order valence-corrected chi connectivity index (χ3v) is 8.43. The van der Waals surface area contributed by atoms with E-state index in [1.165, 1.54) is 0 Å². The third-order valence-electron chi connectivity index (χ3n) is 0.549. The predicted molar refractivity (Wildman–Crippen MR) is 27.5 cm³/mol. The molecule has 0 saturated heterocycles. The summed E-state index contributed by atoms with van der Waals surface area (Å²) in [6, 6.07) is 0. The molecule has 9 heteroatoms. The number of hydrogen-bond acceptors (Lipinski definition) is 2. The van der Waals surface area contributed by atoms with Crippen LogP contribution in [0, 0.1) is 0 Å². The summed E-state index contributed by atoms with van der Waals surface area (Å²) in [5, 5.41) is 0. The molecule has 0 radical (unpaired) electrons. The summed E-state index contributed by atoms with van der Waals surface area (Å²) in [7, 11) is -6.32. The van der Waals surface area contributed by atoms with Gasteiger partial charge < -0.3 is 8.92 Å². The Morgan fingerprint density at radius 2 is 1.80 bits per heavy atom. The van der Waals surface area contributed by atoms with Crippen LogP contribution in [0.25, 0.3) is 0 Å². The molecular weight excluding hydrogens is 224 g/mol. The van der Waals surface area contributed by atoms with Gasteiger partial charge in [-0.25, -0.2) is 0 Å². The first kappa shape index (κ1) is 14.2. The van der Waals surface area contributed by atoms with Gasteiger partial charge in [0, 0.05) is 0 Å². The van der Waals surface area contributed by atoms with Crippen molar-refractivity contribution in [3.8, 4) is 0 Å². The molecule has 0 aliphatic carbocycles. The first-order chi connectivity index (χ1) is 3.98. The Labute approximate surface area is 103 Å². The molecule has 0 atom stereocenters. The molecule has 0 aromatic heterocycles. The largest absolute Gasteiger partial charge is 1.00 e. The van der Waals surface area contributed by atoms with Gasteiger partial charge in [0.15, 0.2) is 0 Å². The van der Waals surface area contributed by atoms with Gasteiger partial charge in [-0.2, -0.15) is 22.1 Å². The van der Waals surface area contributed by atoms with E-state index in [4.69, 9.17) is 0 Å². The SMILES string of the molecule is O=[Si-][SiH2][Si](=O)C(F)(F)F.[K+]. The topological polar surface area (TPSA) is 34.1 Å². The van der Waals surface area contributed by atoms with Gasteiger partial charge in [-0.05, 0) is 8.55 Å². The Kier molecular flexibility index (Phi) is 8.84. The van der Waals surface area contributed by atoms with Crippen molar-refractivity contribution in [2.24, 2.45) is 0 Å². The summed E-state index contributed by atoms with van der Waals surface area (Å²) < 4.78 is 53.4. The zero-order valence-electron chi connectivity index (χ0n) is 5.16. The monoisotopic (exact) mass is 226 g/mol. The molecule has 52 valence electrons. The van der Waals surface area contributed by atoms with Gasteiger partial charge in [-0.1, -0.05) is 0 Å². The van der Waals surface area contributed by atoms with Gasteiger partial charge in [-0.15, -0.1) is 0 Å². The fourth-order valence-corrected chi connectivity index (χ4v) is 4.48. The van der Waals surface area contributed by atoms with E-state index in [1.54, 1.807) is 0 Å². The molecular formula is CH2F3KO2Si3. The molecule has 0 saturated carbocycles. The van der Waals surface area contributed by atoms with Crippen molar-refractivity contribution in [1.29, 1.82) is 0 Å². The predicted octanol–water partition coefficient (Wildman–Crippen LogP) is -3.86. The van der Waals surface area contributed by atoms with Crippen molar-refractivity contribution >= 4 is 25.7 Å². The Hall–Kier alpha value is 1.68. The first-order valence-electron chi connectivity index (χ1n) is 1.93. The normalized spacial score (nSPS) is 11.1. The number of hydrogen-bond donors (Lipinski definition) is 0. The average molecular weight is 226 g/mol. The Balaban J connectivity index is 0. The summed E-state index contributed by atoms with van der Waals surface area (Å²) in [6.07, 6.45) is 0. The van der Waals surface area contributed by atoms with Gasteiger partial charge in [0.1, 0.15) is 0 Å². The van der Waals surface area contributed by atoms with Crippen LogP contribution < -0.4 is 51.4 Å². The van der Waals surface area contributed by atoms with Crippen LogP contribution in [0.2, 0.25) is 0 Å². The van der Waals surface area contributed by atoms with E-state index in [2.05, 4.69) is 0 Å². The van der Waals surface area contributed by atoms with Crippen molar-refractivity contribution < 1.29 is 73.5 Å². The second-order valence-corrected chi connectivity index (χ2v) is 10.3. The number of halogens is 3. The van der Waals surface area contributed by atoms with Crippen LogP contribution in [0.15, 0.2) is 0 Å². The molecule has 0 N–H and O–H groups in total. The van der Waals surface area contributed by atoms with E-state index in [9.17, 15) is 22.1 Å². The fraction of sp³-hybridized carbons (Fsp3) is 1.00. The minimum absolute atomic E-state index is 0. The molecule has 0 aromatic carbocycles. The summed E-state index contributed by atoms with van der Waals surface area (Å²) in [4.78, 5) is 0. The molecule has 0 unspecified atom stereocenters. The zero-order valence-corrected chi connectivity index (χ0v) is 11.7. The molecule has 0 bridgehead atoms. The standard InChI is InChI=1S/CH2F3O2Si3.K/c2-1(3,4)9(6)8-7-5;/h8H2;/q-1;+1. The minimum Gasteiger partial charge on any atom is -0.623 e. The Morgan fingerprint density at radius 3 is 1.90 bits per heavy atom. The molecule has 0 fully saturated rings. The molecule has 10 heavy (non-hydrogen) atoms. The maximum atomic E-state index is 11.3. The Morgan fingerprint density at radius 1 is 1.40 bits per heavy atom. The smallest absolute Gasteiger partial charge is 0.623 e. The fourth-order valence-electron chi connectivity index (χ4n) is 0.166. The number of alkyl halides is 3. The van der Waals surface area contributed by atoms with Gasteiger partial charge in [0.2, 0.25) is 0 Å². The van der Waals surface area contributed by atoms with Crippen LogP contribution in [0.4, 0.5) is 13.2 Å². The first-order valence-corrected chi connectivity index (χ1v) is 8.91. The Bertz CT molecular complexity index is 134. The maximum absolute atomic E-state index is 11.3. The van der Waals surface area contributed by atoms with Crippen LogP contribution in [-0.2, 0) is 8.92 Å². The van der Waals surface area contributed by atoms with Gasteiger partial charge in [0.05, 0.1) is 0 Å². The summed E-state index contributed by atoms with van der Waals surface area (Å²) in [5.41, 5.74) is 0. The minimum atomic E-state index is -4.58. The van der Waals surface area contributed by atoms with E-state index in [-0.39, 0.29) is 51.4 Å².